The molecule has 0 spiro atoms. The predicted molar refractivity (Wildman–Crippen MR) is 121 cm³/mol. The van der Waals surface area contributed by atoms with Crippen molar-refractivity contribution in [3.05, 3.63) is 63.4 Å². The molecule has 0 fully saturated rings. The normalized spacial score (nSPS) is 11.3. The molecule has 2 heterocycles. The van der Waals surface area contributed by atoms with E-state index in [4.69, 9.17) is 11.6 Å². The van der Waals surface area contributed by atoms with Crippen LogP contribution in [0.15, 0.2) is 52.4 Å². The van der Waals surface area contributed by atoms with Crippen LogP contribution in [-0.2, 0) is 11.3 Å². The molecular weight excluding hydrogens is 422 g/mol. The van der Waals surface area contributed by atoms with Gasteiger partial charge in [-0.3, -0.25) is 18.6 Å². The Kier molecular flexibility index (Phi) is 5.78. The maximum atomic E-state index is 12.9. The van der Waals surface area contributed by atoms with E-state index < -0.39 is 0 Å². The minimum Gasteiger partial charge on any atom is -0.325 e. The van der Waals surface area contributed by atoms with E-state index in [1.165, 1.54) is 11.8 Å². The number of halogens is 1. The van der Waals surface area contributed by atoms with Gasteiger partial charge in [0.15, 0.2) is 5.16 Å². The molecule has 0 bridgehead atoms. The van der Waals surface area contributed by atoms with Gasteiger partial charge in [-0.2, -0.15) is 0 Å². The van der Waals surface area contributed by atoms with Gasteiger partial charge in [-0.25, -0.2) is 0 Å². The first-order chi connectivity index (χ1) is 14.5. The summed E-state index contributed by atoms with van der Waals surface area (Å²) in [5.41, 5.74) is 2.32. The Morgan fingerprint density at radius 3 is 2.80 bits per heavy atom. The van der Waals surface area contributed by atoms with Crippen molar-refractivity contribution in [2.45, 2.75) is 32.0 Å². The van der Waals surface area contributed by atoms with E-state index >= 15 is 0 Å². The van der Waals surface area contributed by atoms with E-state index in [0.717, 1.165) is 17.7 Å². The first-order valence-corrected chi connectivity index (χ1v) is 10.9. The quantitative estimate of drug-likeness (QED) is 0.454. The highest BCUT2D eigenvalue weighted by atomic mass is 35.5. The topological polar surface area (TPSA) is 81.3 Å². The second-order valence-electron chi connectivity index (χ2n) is 6.94. The van der Waals surface area contributed by atoms with E-state index in [2.05, 4.69) is 15.5 Å². The van der Waals surface area contributed by atoms with Gasteiger partial charge in [0, 0.05) is 17.3 Å². The fraction of sp³-hybridized carbons (Fsp3) is 0.238. The summed E-state index contributed by atoms with van der Waals surface area (Å²) >= 11 is 7.45. The van der Waals surface area contributed by atoms with Crippen molar-refractivity contribution in [3.63, 3.8) is 0 Å². The van der Waals surface area contributed by atoms with Crippen LogP contribution in [0.25, 0.3) is 16.7 Å². The average Bonchev–Trinajstić information content (AvgIpc) is 3.13. The van der Waals surface area contributed by atoms with Crippen molar-refractivity contribution in [3.8, 4) is 0 Å². The molecule has 4 aromatic rings. The Morgan fingerprint density at radius 2 is 2.03 bits per heavy atom. The first-order valence-electron chi connectivity index (χ1n) is 9.54. The molecule has 1 N–H and O–H groups in total. The maximum absolute atomic E-state index is 12.9. The summed E-state index contributed by atoms with van der Waals surface area (Å²) in [5, 5.41) is 12.9. The molecule has 1 amide bonds. The molecule has 0 unspecified atom stereocenters. The number of amides is 1. The van der Waals surface area contributed by atoms with Crippen LogP contribution in [0.2, 0.25) is 5.02 Å². The summed E-state index contributed by atoms with van der Waals surface area (Å²) in [6.45, 7) is 4.49. The number of rotatable bonds is 6. The summed E-state index contributed by atoms with van der Waals surface area (Å²) in [5.74, 6) is 0.453. The molecule has 0 saturated heterocycles. The van der Waals surface area contributed by atoms with Crippen molar-refractivity contribution < 1.29 is 4.79 Å². The minimum atomic E-state index is -0.147. The number of aryl methyl sites for hydroxylation is 2. The zero-order chi connectivity index (χ0) is 21.3. The summed E-state index contributed by atoms with van der Waals surface area (Å²) in [4.78, 5) is 25.3. The van der Waals surface area contributed by atoms with Gasteiger partial charge >= 0.3 is 0 Å². The summed E-state index contributed by atoms with van der Waals surface area (Å²) in [6, 6.07) is 12.8. The molecular formula is C21H20ClN5O2S. The van der Waals surface area contributed by atoms with Crippen molar-refractivity contribution >= 4 is 51.6 Å². The third-order valence-corrected chi connectivity index (χ3v) is 5.78. The van der Waals surface area contributed by atoms with Crippen LogP contribution in [-0.4, -0.2) is 30.8 Å². The number of thioether (sulfide) groups is 1. The molecule has 0 radical (unpaired) electrons. The SMILES string of the molecule is CCCn1c(=O)c2ccc(Cl)cc2n2c(SCC(=O)Nc3cccc(C)c3)nnc12. The van der Waals surface area contributed by atoms with Crippen molar-refractivity contribution in [2.24, 2.45) is 0 Å². The van der Waals surface area contributed by atoms with Gasteiger partial charge in [0.2, 0.25) is 11.7 Å². The lowest BCUT2D eigenvalue weighted by Crippen LogP contribution is -2.23. The number of nitrogens with zero attached hydrogens (tertiary/aromatic N) is 4. The number of carbonyl (C=O) groups is 1. The van der Waals surface area contributed by atoms with Crippen molar-refractivity contribution in [2.75, 3.05) is 11.1 Å². The number of anilines is 1. The predicted octanol–water partition coefficient (Wildman–Crippen LogP) is 4.15. The highest BCUT2D eigenvalue weighted by Crippen LogP contribution is 2.24. The molecule has 0 atom stereocenters. The fourth-order valence-corrected chi connectivity index (χ4v) is 4.23. The molecule has 30 heavy (non-hydrogen) atoms. The number of nitrogens with one attached hydrogen (secondary N) is 1. The molecule has 2 aromatic carbocycles. The highest BCUT2D eigenvalue weighted by molar-refractivity contribution is 7.99. The van der Waals surface area contributed by atoms with Crippen LogP contribution in [0.5, 0.6) is 0 Å². The Morgan fingerprint density at radius 1 is 1.20 bits per heavy atom. The molecule has 0 saturated carbocycles. The first kappa shape index (κ1) is 20.4. The number of fused-ring (bicyclic) bond motifs is 3. The fourth-order valence-electron chi connectivity index (χ4n) is 3.32. The standard InChI is InChI=1S/C21H20ClN5O2S/c1-3-9-26-19(29)16-8-7-14(22)11-17(16)27-20(26)24-25-21(27)30-12-18(28)23-15-6-4-5-13(2)10-15/h4-8,10-11H,3,9,12H2,1-2H3,(H,23,28). The molecule has 0 aliphatic rings. The second kappa shape index (κ2) is 8.49. The molecule has 0 aliphatic carbocycles. The van der Waals surface area contributed by atoms with Crippen LogP contribution < -0.4 is 10.9 Å². The third-order valence-electron chi connectivity index (χ3n) is 4.62. The lowest BCUT2D eigenvalue weighted by molar-refractivity contribution is -0.113. The Hall–Kier alpha value is -2.84. The van der Waals surface area contributed by atoms with Gasteiger partial charge in [-0.1, -0.05) is 42.4 Å². The number of hydrogen-bond acceptors (Lipinski definition) is 5. The summed E-state index contributed by atoms with van der Waals surface area (Å²) in [7, 11) is 0. The molecule has 154 valence electrons. The second-order valence-corrected chi connectivity index (χ2v) is 8.32. The van der Waals surface area contributed by atoms with E-state index in [0.29, 0.717) is 33.4 Å². The van der Waals surface area contributed by atoms with Crippen LogP contribution in [0.3, 0.4) is 0 Å². The van der Waals surface area contributed by atoms with Gasteiger partial charge in [0.05, 0.1) is 16.7 Å². The zero-order valence-corrected chi connectivity index (χ0v) is 18.1. The molecule has 0 aliphatic heterocycles. The Bertz CT molecular complexity index is 1310. The molecule has 7 nitrogen and oxygen atoms in total. The average molecular weight is 442 g/mol. The molecule has 2 aromatic heterocycles. The molecule has 4 rings (SSSR count). The number of aromatic nitrogens is 4. The third kappa shape index (κ3) is 3.93. The van der Waals surface area contributed by atoms with Crippen LogP contribution in [0, 0.1) is 6.92 Å². The summed E-state index contributed by atoms with van der Waals surface area (Å²) < 4.78 is 3.41. The largest absolute Gasteiger partial charge is 0.325 e. The van der Waals surface area contributed by atoms with E-state index in [1.54, 1.807) is 27.2 Å². The minimum absolute atomic E-state index is 0.128. The zero-order valence-electron chi connectivity index (χ0n) is 16.6. The van der Waals surface area contributed by atoms with E-state index in [9.17, 15) is 9.59 Å². The highest BCUT2D eigenvalue weighted by Gasteiger charge is 2.18. The Balaban J connectivity index is 1.69. The smallest absolute Gasteiger partial charge is 0.262 e. The van der Waals surface area contributed by atoms with Crippen LogP contribution in [0.4, 0.5) is 5.69 Å². The molecule has 9 heteroatoms. The van der Waals surface area contributed by atoms with E-state index in [1.807, 2.05) is 38.1 Å². The van der Waals surface area contributed by atoms with Gasteiger partial charge in [-0.05, 0) is 49.2 Å². The summed E-state index contributed by atoms with van der Waals surface area (Å²) in [6.07, 6.45) is 0.781. The van der Waals surface area contributed by atoms with E-state index in [-0.39, 0.29) is 17.2 Å². The number of carbonyl (C=O) groups excluding carboxylic acids is 1. The van der Waals surface area contributed by atoms with Crippen molar-refractivity contribution in [1.29, 1.82) is 0 Å². The van der Waals surface area contributed by atoms with Crippen LogP contribution in [0.1, 0.15) is 18.9 Å². The monoisotopic (exact) mass is 441 g/mol. The van der Waals surface area contributed by atoms with Gasteiger partial charge in [0.1, 0.15) is 0 Å². The Labute approximate surface area is 182 Å². The lowest BCUT2D eigenvalue weighted by Gasteiger charge is -2.11. The van der Waals surface area contributed by atoms with Crippen LogP contribution >= 0.6 is 23.4 Å². The van der Waals surface area contributed by atoms with Gasteiger partial charge in [-0.15, -0.1) is 10.2 Å². The van der Waals surface area contributed by atoms with Gasteiger partial charge < -0.3 is 5.32 Å². The number of hydrogen-bond donors (Lipinski definition) is 1. The van der Waals surface area contributed by atoms with Gasteiger partial charge in [0.25, 0.3) is 5.56 Å². The maximum Gasteiger partial charge on any atom is 0.262 e. The van der Waals surface area contributed by atoms with Crippen molar-refractivity contribution in [1.82, 2.24) is 19.2 Å². The lowest BCUT2D eigenvalue weighted by atomic mass is 10.2. The number of benzene rings is 2.